The van der Waals surface area contributed by atoms with Crippen LogP contribution in [0.15, 0.2) is 12.7 Å². The van der Waals surface area contributed by atoms with Crippen LogP contribution in [0.2, 0.25) is 0 Å². The molecule has 1 N–H and O–H groups in total. The van der Waals surface area contributed by atoms with Crippen molar-refractivity contribution >= 4 is 5.97 Å². The van der Waals surface area contributed by atoms with E-state index in [0.717, 1.165) is 0 Å². The summed E-state index contributed by atoms with van der Waals surface area (Å²) >= 11 is 0. The van der Waals surface area contributed by atoms with Gasteiger partial charge in [-0.1, -0.05) is 12.7 Å². The van der Waals surface area contributed by atoms with Crippen molar-refractivity contribution in [2.75, 3.05) is 13.2 Å². The lowest BCUT2D eigenvalue weighted by Gasteiger charge is -2.01. The summed E-state index contributed by atoms with van der Waals surface area (Å²) in [5.41, 5.74) is 0. The third-order valence-corrected chi connectivity index (χ3v) is 1.47. The summed E-state index contributed by atoms with van der Waals surface area (Å²) in [5, 5.41) is 3.06. The molecule has 0 bridgehead atoms. The quantitative estimate of drug-likeness (QED) is 0.463. The van der Waals surface area contributed by atoms with Gasteiger partial charge < -0.3 is 10.1 Å². The Balaban J connectivity index is 1.95. The van der Waals surface area contributed by atoms with Gasteiger partial charge in [-0.2, -0.15) is 0 Å². The Bertz CT molecular complexity index is 152. The number of ether oxygens (including phenoxy) is 1. The van der Waals surface area contributed by atoms with E-state index in [2.05, 4.69) is 11.9 Å². The first-order valence-electron chi connectivity index (χ1n) is 3.83. The number of nitrogens with one attached hydrogen (secondary N) is 1. The highest BCUT2D eigenvalue weighted by Crippen LogP contribution is 2.17. The minimum absolute atomic E-state index is 0.197. The molecule has 0 heterocycles. The Kier molecular flexibility index (Phi) is 3.11. The van der Waals surface area contributed by atoms with Gasteiger partial charge >= 0.3 is 5.97 Å². The highest BCUT2D eigenvalue weighted by Gasteiger charge is 2.21. The van der Waals surface area contributed by atoms with Crippen LogP contribution in [0.25, 0.3) is 0 Å². The van der Waals surface area contributed by atoms with Crippen molar-refractivity contribution in [3.8, 4) is 0 Å². The monoisotopic (exact) mass is 155 g/mol. The van der Waals surface area contributed by atoms with Crippen molar-refractivity contribution < 1.29 is 9.53 Å². The van der Waals surface area contributed by atoms with E-state index in [1.807, 2.05) is 0 Å². The van der Waals surface area contributed by atoms with Gasteiger partial charge in [0.25, 0.3) is 0 Å². The second-order valence-electron chi connectivity index (χ2n) is 2.63. The number of hydrogen-bond donors (Lipinski definition) is 1. The largest absolute Gasteiger partial charge is 0.461 e. The number of carbonyl (C=O) groups is 1. The van der Waals surface area contributed by atoms with Gasteiger partial charge in [0.15, 0.2) is 0 Å². The summed E-state index contributed by atoms with van der Waals surface area (Å²) in [6.07, 6.45) is 3.94. The van der Waals surface area contributed by atoms with Crippen LogP contribution >= 0.6 is 0 Å². The molecule has 0 aromatic heterocycles. The van der Waals surface area contributed by atoms with Crippen molar-refractivity contribution in [2.24, 2.45) is 0 Å². The van der Waals surface area contributed by atoms with E-state index in [1.54, 1.807) is 6.08 Å². The number of esters is 1. The molecule has 0 spiro atoms. The van der Waals surface area contributed by atoms with E-state index < -0.39 is 0 Å². The lowest BCUT2D eigenvalue weighted by atomic mass is 10.6. The summed E-state index contributed by atoms with van der Waals surface area (Å²) in [5.74, 6) is -0.197. The maximum atomic E-state index is 10.8. The first-order valence-corrected chi connectivity index (χ1v) is 3.83. The van der Waals surface area contributed by atoms with Gasteiger partial charge in [0.1, 0.15) is 6.61 Å². The number of hydrogen-bond acceptors (Lipinski definition) is 3. The predicted octanol–water partition coefficient (Wildman–Crippen LogP) is 0.468. The highest BCUT2D eigenvalue weighted by molar-refractivity contribution is 5.71. The molecule has 0 amide bonds. The SMILES string of the molecule is C=CCOC(=O)CNC1CC1. The average Bonchev–Trinajstić information content (AvgIpc) is 2.80. The van der Waals surface area contributed by atoms with Crippen LogP contribution in [-0.4, -0.2) is 25.2 Å². The normalized spacial score (nSPS) is 16.0. The highest BCUT2D eigenvalue weighted by atomic mass is 16.5. The van der Waals surface area contributed by atoms with Crippen LogP contribution < -0.4 is 5.32 Å². The third kappa shape index (κ3) is 3.78. The fourth-order valence-corrected chi connectivity index (χ4v) is 0.718. The second-order valence-corrected chi connectivity index (χ2v) is 2.63. The van der Waals surface area contributed by atoms with E-state index in [1.165, 1.54) is 12.8 Å². The topological polar surface area (TPSA) is 38.3 Å². The molecule has 0 aromatic rings. The van der Waals surface area contributed by atoms with E-state index in [9.17, 15) is 4.79 Å². The molecule has 1 fully saturated rings. The summed E-state index contributed by atoms with van der Waals surface area (Å²) in [6.45, 7) is 4.09. The van der Waals surface area contributed by atoms with Crippen molar-refractivity contribution in [2.45, 2.75) is 18.9 Å². The molecule has 0 aliphatic heterocycles. The lowest BCUT2D eigenvalue weighted by molar-refractivity contribution is -0.141. The van der Waals surface area contributed by atoms with Gasteiger partial charge in [0.05, 0.1) is 6.54 Å². The standard InChI is InChI=1S/C8H13NO2/c1-2-5-11-8(10)6-9-7-3-4-7/h2,7,9H,1,3-6H2. The average molecular weight is 155 g/mol. The molecular formula is C8H13NO2. The summed E-state index contributed by atoms with van der Waals surface area (Å²) in [6, 6.07) is 0.561. The Morgan fingerprint density at radius 1 is 1.73 bits per heavy atom. The van der Waals surface area contributed by atoms with Crippen LogP contribution in [0.1, 0.15) is 12.8 Å². The van der Waals surface area contributed by atoms with Crippen LogP contribution in [0.4, 0.5) is 0 Å². The molecule has 0 unspecified atom stereocenters. The summed E-state index contributed by atoms with van der Waals surface area (Å²) in [4.78, 5) is 10.8. The fourth-order valence-electron chi connectivity index (χ4n) is 0.718. The molecule has 11 heavy (non-hydrogen) atoms. The Labute approximate surface area is 66.4 Å². The molecule has 0 atom stereocenters. The molecule has 62 valence electrons. The van der Waals surface area contributed by atoms with Gasteiger partial charge in [-0.3, -0.25) is 4.79 Å². The molecule has 1 saturated carbocycles. The Morgan fingerprint density at radius 2 is 2.45 bits per heavy atom. The molecular weight excluding hydrogens is 142 g/mol. The maximum absolute atomic E-state index is 10.8. The molecule has 3 nitrogen and oxygen atoms in total. The molecule has 1 aliphatic rings. The maximum Gasteiger partial charge on any atom is 0.320 e. The smallest absolute Gasteiger partial charge is 0.320 e. The second kappa shape index (κ2) is 4.13. The molecule has 0 radical (unpaired) electrons. The first-order chi connectivity index (χ1) is 5.33. The van der Waals surface area contributed by atoms with Crippen LogP contribution in [0.3, 0.4) is 0 Å². The van der Waals surface area contributed by atoms with Crippen molar-refractivity contribution in [1.29, 1.82) is 0 Å². The minimum atomic E-state index is -0.197. The third-order valence-electron chi connectivity index (χ3n) is 1.47. The summed E-state index contributed by atoms with van der Waals surface area (Å²) < 4.78 is 4.75. The predicted molar refractivity (Wildman–Crippen MR) is 42.2 cm³/mol. The minimum Gasteiger partial charge on any atom is -0.461 e. The first kappa shape index (κ1) is 8.27. The Hall–Kier alpha value is -0.830. The zero-order valence-corrected chi connectivity index (χ0v) is 6.51. The van der Waals surface area contributed by atoms with Crippen LogP contribution in [0.5, 0.6) is 0 Å². The Morgan fingerprint density at radius 3 is 3.00 bits per heavy atom. The van der Waals surface area contributed by atoms with Crippen molar-refractivity contribution in [3.63, 3.8) is 0 Å². The van der Waals surface area contributed by atoms with Gasteiger partial charge in [0.2, 0.25) is 0 Å². The molecule has 1 aliphatic carbocycles. The van der Waals surface area contributed by atoms with E-state index in [-0.39, 0.29) is 5.97 Å². The molecule has 0 saturated heterocycles. The van der Waals surface area contributed by atoms with Crippen LogP contribution in [-0.2, 0) is 9.53 Å². The van der Waals surface area contributed by atoms with Crippen LogP contribution in [0, 0.1) is 0 Å². The fraction of sp³-hybridized carbons (Fsp3) is 0.625. The van der Waals surface area contributed by atoms with Gasteiger partial charge in [-0.05, 0) is 12.8 Å². The van der Waals surface area contributed by atoms with Gasteiger partial charge in [0, 0.05) is 6.04 Å². The zero-order valence-electron chi connectivity index (χ0n) is 6.51. The van der Waals surface area contributed by atoms with E-state index >= 15 is 0 Å². The number of carbonyl (C=O) groups excluding carboxylic acids is 1. The van der Waals surface area contributed by atoms with Gasteiger partial charge in [-0.15, -0.1) is 0 Å². The molecule has 1 rings (SSSR count). The lowest BCUT2D eigenvalue weighted by Crippen LogP contribution is -2.26. The van der Waals surface area contributed by atoms with Crippen molar-refractivity contribution in [1.82, 2.24) is 5.32 Å². The van der Waals surface area contributed by atoms with Gasteiger partial charge in [-0.25, -0.2) is 0 Å². The van der Waals surface area contributed by atoms with E-state index in [0.29, 0.717) is 19.2 Å². The summed E-state index contributed by atoms with van der Waals surface area (Å²) in [7, 11) is 0. The number of rotatable bonds is 5. The molecule has 0 aromatic carbocycles. The van der Waals surface area contributed by atoms with E-state index in [4.69, 9.17) is 4.74 Å². The van der Waals surface area contributed by atoms with Crippen molar-refractivity contribution in [3.05, 3.63) is 12.7 Å². The zero-order chi connectivity index (χ0) is 8.10. The molecule has 3 heteroatoms.